The fourth-order valence-electron chi connectivity index (χ4n) is 0.621. The molecule has 0 unspecified atom stereocenters. The van der Waals surface area contributed by atoms with E-state index < -0.39 is 6.10 Å². The first-order valence-corrected chi connectivity index (χ1v) is 2.96. The SMILES string of the molecule is C[C@@H](O)c1ccnc(N)n1. The Balaban J connectivity index is 2.96. The molecule has 0 fully saturated rings. The molecule has 4 nitrogen and oxygen atoms in total. The molecule has 0 aliphatic heterocycles. The van der Waals surface area contributed by atoms with Gasteiger partial charge in [-0.2, -0.15) is 0 Å². The Labute approximate surface area is 58.7 Å². The molecule has 1 rings (SSSR count). The molecule has 1 atom stereocenters. The van der Waals surface area contributed by atoms with E-state index in [1.165, 1.54) is 6.20 Å². The molecule has 0 aromatic carbocycles. The Hall–Kier alpha value is -1.16. The van der Waals surface area contributed by atoms with Crippen molar-refractivity contribution in [2.24, 2.45) is 0 Å². The van der Waals surface area contributed by atoms with Crippen molar-refractivity contribution in [3.8, 4) is 0 Å². The number of nitrogens with zero attached hydrogens (tertiary/aromatic N) is 2. The second kappa shape index (κ2) is 2.62. The van der Waals surface area contributed by atoms with E-state index >= 15 is 0 Å². The van der Waals surface area contributed by atoms with E-state index in [0.717, 1.165) is 0 Å². The summed E-state index contributed by atoms with van der Waals surface area (Å²) in [5.41, 5.74) is 5.81. The second-order valence-corrected chi connectivity index (χ2v) is 2.02. The minimum Gasteiger partial charge on any atom is -0.387 e. The fraction of sp³-hybridized carbons (Fsp3) is 0.333. The average Bonchev–Trinajstić information content (AvgIpc) is 1.88. The van der Waals surface area contributed by atoms with Crippen LogP contribution in [0.2, 0.25) is 0 Å². The lowest BCUT2D eigenvalue weighted by atomic mass is 10.3. The molecule has 1 aromatic rings. The highest BCUT2D eigenvalue weighted by molar-refractivity contribution is 5.17. The van der Waals surface area contributed by atoms with Crippen LogP contribution in [0.3, 0.4) is 0 Å². The van der Waals surface area contributed by atoms with Gasteiger partial charge in [0.25, 0.3) is 0 Å². The molecule has 0 saturated heterocycles. The van der Waals surface area contributed by atoms with E-state index in [9.17, 15) is 0 Å². The van der Waals surface area contributed by atoms with E-state index in [1.807, 2.05) is 0 Å². The van der Waals surface area contributed by atoms with Gasteiger partial charge in [-0.1, -0.05) is 0 Å². The predicted octanol–water partition coefficient (Wildman–Crippen LogP) is 0.112. The van der Waals surface area contributed by atoms with Gasteiger partial charge in [0.1, 0.15) is 0 Å². The molecule has 0 bridgehead atoms. The van der Waals surface area contributed by atoms with Gasteiger partial charge < -0.3 is 10.8 Å². The molecule has 0 amide bonds. The van der Waals surface area contributed by atoms with Crippen molar-refractivity contribution in [2.45, 2.75) is 13.0 Å². The van der Waals surface area contributed by atoms with E-state index in [0.29, 0.717) is 5.69 Å². The van der Waals surface area contributed by atoms with E-state index in [-0.39, 0.29) is 5.95 Å². The number of nitrogen functional groups attached to an aromatic ring is 1. The summed E-state index contributed by atoms with van der Waals surface area (Å²) in [5.74, 6) is 0.193. The average molecular weight is 139 g/mol. The summed E-state index contributed by atoms with van der Waals surface area (Å²) in [6.07, 6.45) is 0.940. The molecule has 0 aliphatic carbocycles. The number of rotatable bonds is 1. The molecule has 3 N–H and O–H groups in total. The van der Waals surface area contributed by atoms with Crippen LogP contribution in [-0.4, -0.2) is 15.1 Å². The summed E-state index contributed by atoms with van der Waals surface area (Å²) in [5, 5.41) is 9.00. The summed E-state index contributed by atoms with van der Waals surface area (Å²) in [6, 6.07) is 1.63. The van der Waals surface area contributed by atoms with Crippen LogP contribution >= 0.6 is 0 Å². The van der Waals surface area contributed by atoms with Crippen molar-refractivity contribution in [1.82, 2.24) is 9.97 Å². The predicted molar refractivity (Wildman–Crippen MR) is 37.1 cm³/mol. The third-order valence-electron chi connectivity index (χ3n) is 1.12. The van der Waals surface area contributed by atoms with Crippen LogP contribution in [0, 0.1) is 0 Å². The second-order valence-electron chi connectivity index (χ2n) is 2.02. The maximum Gasteiger partial charge on any atom is 0.220 e. The van der Waals surface area contributed by atoms with Crippen molar-refractivity contribution in [3.63, 3.8) is 0 Å². The van der Waals surface area contributed by atoms with Crippen LogP contribution in [-0.2, 0) is 0 Å². The molecule has 10 heavy (non-hydrogen) atoms. The first-order chi connectivity index (χ1) is 4.70. The number of nitrogens with two attached hydrogens (primary N) is 1. The van der Waals surface area contributed by atoms with Gasteiger partial charge in [-0.3, -0.25) is 0 Å². The summed E-state index contributed by atoms with van der Waals surface area (Å²) in [4.78, 5) is 7.47. The van der Waals surface area contributed by atoms with Crippen molar-refractivity contribution in [2.75, 3.05) is 5.73 Å². The molecule has 0 aliphatic rings. The lowest BCUT2D eigenvalue weighted by molar-refractivity contribution is 0.194. The summed E-state index contributed by atoms with van der Waals surface area (Å²) in [7, 11) is 0. The van der Waals surface area contributed by atoms with Gasteiger partial charge in [-0.25, -0.2) is 9.97 Å². The molecule has 1 heterocycles. The third kappa shape index (κ3) is 1.41. The molecule has 54 valence electrons. The topological polar surface area (TPSA) is 72.0 Å². The van der Waals surface area contributed by atoms with Crippen molar-refractivity contribution >= 4 is 5.95 Å². The molecular weight excluding hydrogens is 130 g/mol. The number of anilines is 1. The molecule has 1 aromatic heterocycles. The van der Waals surface area contributed by atoms with Gasteiger partial charge in [0.05, 0.1) is 11.8 Å². The molecule has 0 radical (unpaired) electrons. The van der Waals surface area contributed by atoms with Gasteiger partial charge >= 0.3 is 0 Å². The van der Waals surface area contributed by atoms with Crippen molar-refractivity contribution in [1.29, 1.82) is 0 Å². The Kier molecular flexibility index (Phi) is 1.82. The Morgan fingerprint density at radius 1 is 1.70 bits per heavy atom. The molecule has 0 saturated carbocycles. The number of aliphatic hydroxyl groups excluding tert-OH is 1. The van der Waals surface area contributed by atoms with Crippen LogP contribution in [0.1, 0.15) is 18.7 Å². The molecule has 0 spiro atoms. The quantitative estimate of drug-likeness (QED) is 0.579. The maximum atomic E-state index is 9.00. The summed E-state index contributed by atoms with van der Waals surface area (Å²) < 4.78 is 0. The highest BCUT2D eigenvalue weighted by atomic mass is 16.3. The van der Waals surface area contributed by atoms with Crippen molar-refractivity contribution < 1.29 is 5.11 Å². The highest BCUT2D eigenvalue weighted by Gasteiger charge is 2.00. The number of aliphatic hydroxyl groups is 1. The van der Waals surface area contributed by atoms with Crippen LogP contribution in [0.15, 0.2) is 12.3 Å². The van der Waals surface area contributed by atoms with Crippen LogP contribution in [0.25, 0.3) is 0 Å². The van der Waals surface area contributed by atoms with Gasteiger partial charge in [-0.15, -0.1) is 0 Å². The van der Waals surface area contributed by atoms with Gasteiger partial charge in [0, 0.05) is 6.20 Å². The smallest absolute Gasteiger partial charge is 0.220 e. The van der Waals surface area contributed by atoms with Gasteiger partial charge in [0.2, 0.25) is 5.95 Å². The largest absolute Gasteiger partial charge is 0.387 e. The minimum absolute atomic E-state index is 0.193. The van der Waals surface area contributed by atoms with Crippen LogP contribution < -0.4 is 5.73 Å². The molecule has 4 heteroatoms. The zero-order chi connectivity index (χ0) is 7.56. The first kappa shape index (κ1) is 6.95. The van der Waals surface area contributed by atoms with E-state index in [2.05, 4.69) is 9.97 Å². The fourth-order valence-corrected chi connectivity index (χ4v) is 0.621. The van der Waals surface area contributed by atoms with Gasteiger partial charge in [0.15, 0.2) is 0 Å². The third-order valence-corrected chi connectivity index (χ3v) is 1.12. The van der Waals surface area contributed by atoms with E-state index in [1.54, 1.807) is 13.0 Å². The van der Waals surface area contributed by atoms with Crippen molar-refractivity contribution in [3.05, 3.63) is 18.0 Å². The number of hydrogen-bond acceptors (Lipinski definition) is 4. The maximum absolute atomic E-state index is 9.00. The highest BCUT2D eigenvalue weighted by Crippen LogP contribution is 2.07. The zero-order valence-electron chi connectivity index (χ0n) is 5.65. The number of aromatic nitrogens is 2. The van der Waals surface area contributed by atoms with Gasteiger partial charge in [-0.05, 0) is 13.0 Å². The zero-order valence-corrected chi connectivity index (χ0v) is 5.65. The Morgan fingerprint density at radius 2 is 2.40 bits per heavy atom. The lowest BCUT2D eigenvalue weighted by Gasteiger charge is -2.01. The van der Waals surface area contributed by atoms with Crippen LogP contribution in [0.4, 0.5) is 5.95 Å². The normalized spacial score (nSPS) is 13.0. The Bertz CT molecular complexity index is 224. The molecular formula is C6H9N3O. The first-order valence-electron chi connectivity index (χ1n) is 2.96. The standard InChI is InChI=1S/C6H9N3O/c1-4(10)5-2-3-8-6(7)9-5/h2-4,10H,1H3,(H2,7,8,9)/t4-/m1/s1. The Morgan fingerprint density at radius 3 is 2.80 bits per heavy atom. The summed E-state index contributed by atoms with van der Waals surface area (Å²) in [6.45, 7) is 1.63. The minimum atomic E-state index is -0.578. The van der Waals surface area contributed by atoms with E-state index in [4.69, 9.17) is 10.8 Å². The van der Waals surface area contributed by atoms with Crippen LogP contribution in [0.5, 0.6) is 0 Å². The summed E-state index contributed by atoms with van der Waals surface area (Å²) >= 11 is 0. The lowest BCUT2D eigenvalue weighted by Crippen LogP contribution is -2.00. The monoisotopic (exact) mass is 139 g/mol. The number of hydrogen-bond donors (Lipinski definition) is 2.